The molecule has 0 amide bonds. The molecule has 0 spiro atoms. The summed E-state index contributed by atoms with van der Waals surface area (Å²) in [5.41, 5.74) is 8.40. The van der Waals surface area contributed by atoms with Crippen LogP contribution in [0.4, 0.5) is 0 Å². The summed E-state index contributed by atoms with van der Waals surface area (Å²) >= 11 is 0. The summed E-state index contributed by atoms with van der Waals surface area (Å²) in [6.07, 6.45) is 0. The molecule has 1 rings (SSSR count). The van der Waals surface area contributed by atoms with Crippen LogP contribution in [0.5, 0.6) is 0 Å². The van der Waals surface area contributed by atoms with E-state index in [9.17, 15) is 4.79 Å². The van der Waals surface area contributed by atoms with Gasteiger partial charge in [-0.15, -0.1) is 0 Å². The fourth-order valence-electron chi connectivity index (χ4n) is 2.29. The van der Waals surface area contributed by atoms with Crippen LogP contribution in [0.15, 0.2) is 18.2 Å². The SMILES string of the molecule is Cc1cccc(C)c1C(C)(C)C(N)C(=O)O. The Hall–Kier alpha value is -1.35. The predicted octanol–water partition coefficient (Wildman–Crippen LogP) is 1.99. The summed E-state index contributed by atoms with van der Waals surface area (Å²) in [6.45, 7) is 7.72. The number of aryl methyl sites for hydroxylation is 2. The second kappa shape index (κ2) is 4.26. The minimum absolute atomic E-state index is 0.568. The summed E-state index contributed by atoms with van der Waals surface area (Å²) < 4.78 is 0. The smallest absolute Gasteiger partial charge is 0.321 e. The van der Waals surface area contributed by atoms with E-state index in [0.717, 1.165) is 16.7 Å². The van der Waals surface area contributed by atoms with Crippen molar-refractivity contribution >= 4 is 5.97 Å². The molecule has 1 atom stereocenters. The summed E-state index contributed by atoms with van der Waals surface area (Å²) in [6, 6.07) is 5.04. The first-order valence-corrected chi connectivity index (χ1v) is 5.33. The molecule has 0 aliphatic rings. The Kier molecular flexibility index (Phi) is 3.38. The van der Waals surface area contributed by atoms with Gasteiger partial charge in [-0.25, -0.2) is 0 Å². The number of aliphatic carboxylic acids is 1. The van der Waals surface area contributed by atoms with E-state index >= 15 is 0 Å². The molecule has 0 saturated heterocycles. The zero-order valence-electron chi connectivity index (χ0n) is 10.2. The van der Waals surface area contributed by atoms with Crippen molar-refractivity contribution in [2.45, 2.75) is 39.2 Å². The average molecular weight is 221 g/mol. The van der Waals surface area contributed by atoms with Gasteiger partial charge in [0.05, 0.1) is 0 Å². The minimum Gasteiger partial charge on any atom is -0.480 e. The van der Waals surface area contributed by atoms with Crippen molar-refractivity contribution in [3.63, 3.8) is 0 Å². The maximum atomic E-state index is 11.0. The van der Waals surface area contributed by atoms with Crippen molar-refractivity contribution in [3.05, 3.63) is 34.9 Å². The van der Waals surface area contributed by atoms with Gasteiger partial charge in [0.2, 0.25) is 0 Å². The van der Waals surface area contributed by atoms with Gasteiger partial charge in [0.25, 0.3) is 0 Å². The first-order chi connectivity index (χ1) is 7.28. The van der Waals surface area contributed by atoms with Crippen LogP contribution in [0.3, 0.4) is 0 Å². The third-order valence-electron chi connectivity index (χ3n) is 3.17. The van der Waals surface area contributed by atoms with Crippen molar-refractivity contribution in [1.82, 2.24) is 0 Å². The van der Waals surface area contributed by atoms with E-state index in [0.29, 0.717) is 0 Å². The van der Waals surface area contributed by atoms with Gasteiger partial charge >= 0.3 is 5.97 Å². The number of carboxylic acid groups (broad SMARTS) is 1. The Morgan fingerprint density at radius 3 is 2.12 bits per heavy atom. The van der Waals surface area contributed by atoms with E-state index < -0.39 is 17.4 Å². The lowest BCUT2D eigenvalue weighted by Gasteiger charge is -2.32. The van der Waals surface area contributed by atoms with Gasteiger partial charge < -0.3 is 10.8 Å². The molecule has 0 aromatic heterocycles. The number of hydrogen-bond acceptors (Lipinski definition) is 2. The molecule has 1 unspecified atom stereocenters. The molecule has 0 fully saturated rings. The highest BCUT2D eigenvalue weighted by molar-refractivity contribution is 5.76. The second-order valence-corrected chi connectivity index (χ2v) is 4.80. The first kappa shape index (κ1) is 12.7. The fraction of sp³-hybridized carbons (Fsp3) is 0.462. The summed E-state index contributed by atoms with van der Waals surface area (Å²) in [5, 5.41) is 9.04. The zero-order chi connectivity index (χ0) is 12.5. The Morgan fingerprint density at radius 2 is 1.75 bits per heavy atom. The van der Waals surface area contributed by atoms with E-state index in [1.54, 1.807) is 0 Å². The molecule has 0 radical (unpaired) electrons. The van der Waals surface area contributed by atoms with Crippen LogP contribution in [-0.4, -0.2) is 17.1 Å². The first-order valence-electron chi connectivity index (χ1n) is 5.33. The van der Waals surface area contributed by atoms with E-state index in [4.69, 9.17) is 10.8 Å². The molecule has 0 bridgehead atoms. The predicted molar refractivity (Wildman–Crippen MR) is 64.6 cm³/mol. The highest BCUT2D eigenvalue weighted by Crippen LogP contribution is 2.31. The van der Waals surface area contributed by atoms with Crippen molar-refractivity contribution < 1.29 is 9.90 Å². The van der Waals surface area contributed by atoms with Gasteiger partial charge in [-0.3, -0.25) is 4.79 Å². The van der Waals surface area contributed by atoms with Crippen molar-refractivity contribution in [3.8, 4) is 0 Å². The van der Waals surface area contributed by atoms with Crippen LogP contribution in [-0.2, 0) is 10.2 Å². The topological polar surface area (TPSA) is 63.3 Å². The fourth-order valence-corrected chi connectivity index (χ4v) is 2.29. The van der Waals surface area contributed by atoms with E-state index in [1.807, 2.05) is 45.9 Å². The van der Waals surface area contributed by atoms with Crippen molar-refractivity contribution in [2.24, 2.45) is 5.73 Å². The van der Waals surface area contributed by atoms with Crippen molar-refractivity contribution in [2.75, 3.05) is 0 Å². The number of carbonyl (C=O) groups is 1. The highest BCUT2D eigenvalue weighted by atomic mass is 16.4. The van der Waals surface area contributed by atoms with Crippen LogP contribution in [0, 0.1) is 13.8 Å². The van der Waals surface area contributed by atoms with E-state index in [-0.39, 0.29) is 0 Å². The lowest BCUT2D eigenvalue weighted by Crippen LogP contribution is -2.47. The molecule has 0 aliphatic heterocycles. The Labute approximate surface area is 96.3 Å². The Balaban J connectivity index is 3.31. The van der Waals surface area contributed by atoms with E-state index in [1.165, 1.54) is 0 Å². The minimum atomic E-state index is -0.965. The van der Waals surface area contributed by atoms with Crippen LogP contribution < -0.4 is 5.73 Å². The molecule has 3 N–H and O–H groups in total. The average Bonchev–Trinajstić information content (AvgIpc) is 2.15. The maximum Gasteiger partial charge on any atom is 0.321 e. The maximum absolute atomic E-state index is 11.0. The number of nitrogens with two attached hydrogens (primary N) is 1. The number of hydrogen-bond donors (Lipinski definition) is 2. The molecule has 0 saturated carbocycles. The van der Waals surface area contributed by atoms with Crippen LogP contribution in [0.25, 0.3) is 0 Å². The van der Waals surface area contributed by atoms with Gasteiger partial charge in [0.1, 0.15) is 6.04 Å². The van der Waals surface area contributed by atoms with Gasteiger partial charge in [-0.2, -0.15) is 0 Å². The molecule has 3 nitrogen and oxygen atoms in total. The highest BCUT2D eigenvalue weighted by Gasteiger charge is 2.35. The molecule has 88 valence electrons. The largest absolute Gasteiger partial charge is 0.480 e. The molecular weight excluding hydrogens is 202 g/mol. The number of benzene rings is 1. The monoisotopic (exact) mass is 221 g/mol. The van der Waals surface area contributed by atoms with Crippen LogP contribution in [0.2, 0.25) is 0 Å². The molecule has 0 aliphatic carbocycles. The van der Waals surface area contributed by atoms with Crippen LogP contribution in [0.1, 0.15) is 30.5 Å². The summed E-state index contributed by atoms with van der Waals surface area (Å²) in [7, 11) is 0. The zero-order valence-corrected chi connectivity index (χ0v) is 10.2. The van der Waals surface area contributed by atoms with Crippen LogP contribution >= 0.6 is 0 Å². The third-order valence-corrected chi connectivity index (χ3v) is 3.17. The normalized spacial score (nSPS) is 13.6. The lowest BCUT2D eigenvalue weighted by atomic mass is 9.74. The molecule has 1 aromatic rings. The van der Waals surface area contributed by atoms with Gasteiger partial charge in [0.15, 0.2) is 0 Å². The number of rotatable bonds is 3. The molecule has 0 heterocycles. The molecule has 1 aromatic carbocycles. The van der Waals surface area contributed by atoms with Gasteiger partial charge in [0, 0.05) is 5.41 Å². The Morgan fingerprint density at radius 1 is 1.31 bits per heavy atom. The van der Waals surface area contributed by atoms with Gasteiger partial charge in [-0.05, 0) is 30.5 Å². The Bertz CT molecular complexity index is 390. The molecule has 3 heteroatoms. The lowest BCUT2D eigenvalue weighted by molar-refractivity contribution is -0.140. The van der Waals surface area contributed by atoms with Gasteiger partial charge in [-0.1, -0.05) is 32.0 Å². The standard InChI is InChI=1S/C13H19NO2/c1-8-6-5-7-9(2)10(8)13(3,4)11(14)12(15)16/h5-7,11H,14H2,1-4H3,(H,15,16). The third kappa shape index (κ3) is 2.09. The molecule has 16 heavy (non-hydrogen) atoms. The summed E-state index contributed by atoms with van der Waals surface area (Å²) in [5.74, 6) is -0.965. The summed E-state index contributed by atoms with van der Waals surface area (Å²) in [4.78, 5) is 11.0. The quantitative estimate of drug-likeness (QED) is 0.820. The van der Waals surface area contributed by atoms with E-state index in [2.05, 4.69) is 0 Å². The molecular formula is C13H19NO2. The van der Waals surface area contributed by atoms with Crippen molar-refractivity contribution in [1.29, 1.82) is 0 Å². The number of carboxylic acids is 1. The second-order valence-electron chi connectivity index (χ2n) is 4.80.